The van der Waals surface area contributed by atoms with Crippen molar-refractivity contribution in [3.05, 3.63) is 81.4 Å². The molecule has 0 radical (unpaired) electrons. The summed E-state index contributed by atoms with van der Waals surface area (Å²) in [5.41, 5.74) is 2.42. The lowest BCUT2D eigenvalue weighted by Gasteiger charge is -2.25. The van der Waals surface area contributed by atoms with Crippen LogP contribution in [0.3, 0.4) is 0 Å². The van der Waals surface area contributed by atoms with Crippen molar-refractivity contribution in [1.82, 2.24) is 19.4 Å². The van der Waals surface area contributed by atoms with Gasteiger partial charge in [0, 0.05) is 19.4 Å². The van der Waals surface area contributed by atoms with Crippen LogP contribution in [0, 0.1) is 0 Å². The maximum absolute atomic E-state index is 12.8. The number of nitrogens with zero attached hydrogens (tertiary/aromatic N) is 4. The molecule has 0 saturated heterocycles. The first-order valence-electron chi connectivity index (χ1n) is 9.39. The first-order chi connectivity index (χ1) is 14.2. The van der Waals surface area contributed by atoms with Gasteiger partial charge in [-0.15, -0.1) is 11.3 Å². The van der Waals surface area contributed by atoms with E-state index in [0.717, 1.165) is 17.0 Å². The maximum atomic E-state index is 12.8. The molecule has 3 aromatic heterocycles. The molecule has 1 amide bonds. The normalized spacial score (nSPS) is 13.6. The summed E-state index contributed by atoms with van der Waals surface area (Å²) in [6.45, 7) is 0.925. The number of thiophene rings is 1. The van der Waals surface area contributed by atoms with E-state index >= 15 is 0 Å². The second kappa shape index (κ2) is 7.29. The number of carbonyl (C=O) groups excluding carboxylic acids is 1. The molecule has 8 heteroatoms. The summed E-state index contributed by atoms with van der Waals surface area (Å²) in [6, 6.07) is 11.8. The average molecular weight is 406 g/mol. The predicted octanol–water partition coefficient (Wildman–Crippen LogP) is 2.62. The van der Waals surface area contributed by atoms with E-state index in [1.54, 1.807) is 11.0 Å². The van der Waals surface area contributed by atoms with Gasteiger partial charge in [-0.05, 0) is 17.0 Å². The van der Waals surface area contributed by atoms with Crippen molar-refractivity contribution in [2.45, 2.75) is 25.9 Å². The molecule has 0 bridgehead atoms. The van der Waals surface area contributed by atoms with Crippen LogP contribution in [-0.2, 0) is 30.7 Å². The van der Waals surface area contributed by atoms with Crippen LogP contribution in [0.2, 0.25) is 0 Å². The third kappa shape index (κ3) is 3.47. The number of hydrogen-bond donors (Lipinski definition) is 0. The maximum Gasteiger partial charge on any atom is 0.271 e. The number of hydrogen-bond acceptors (Lipinski definition) is 6. The van der Waals surface area contributed by atoms with Gasteiger partial charge in [-0.1, -0.05) is 30.3 Å². The van der Waals surface area contributed by atoms with Crippen molar-refractivity contribution in [1.29, 1.82) is 0 Å². The lowest BCUT2D eigenvalue weighted by molar-refractivity contribution is -0.132. The summed E-state index contributed by atoms with van der Waals surface area (Å²) in [5, 5.41) is 1.83. The quantitative estimate of drug-likeness (QED) is 0.520. The monoisotopic (exact) mass is 406 g/mol. The Labute approximate surface area is 170 Å². The van der Waals surface area contributed by atoms with Gasteiger partial charge in [0.15, 0.2) is 5.89 Å². The van der Waals surface area contributed by atoms with Gasteiger partial charge in [-0.3, -0.25) is 14.2 Å². The highest BCUT2D eigenvalue weighted by molar-refractivity contribution is 7.17. The van der Waals surface area contributed by atoms with Gasteiger partial charge >= 0.3 is 0 Å². The van der Waals surface area contributed by atoms with E-state index in [1.807, 2.05) is 35.7 Å². The van der Waals surface area contributed by atoms with Crippen molar-refractivity contribution in [3.63, 3.8) is 0 Å². The molecule has 0 unspecified atom stereocenters. The van der Waals surface area contributed by atoms with Gasteiger partial charge in [-0.25, -0.2) is 9.97 Å². The number of amides is 1. The molecule has 29 heavy (non-hydrogen) atoms. The van der Waals surface area contributed by atoms with E-state index < -0.39 is 0 Å². The molecule has 1 aliphatic rings. The lowest BCUT2D eigenvalue weighted by atomic mass is 10.1. The number of benzene rings is 1. The Hall–Kier alpha value is -3.26. The van der Waals surface area contributed by atoms with E-state index in [2.05, 4.69) is 9.97 Å². The molecule has 0 fully saturated rings. The Kier molecular flexibility index (Phi) is 4.48. The van der Waals surface area contributed by atoms with E-state index in [0.29, 0.717) is 42.0 Å². The predicted molar refractivity (Wildman–Crippen MR) is 109 cm³/mol. The van der Waals surface area contributed by atoms with Gasteiger partial charge in [0.05, 0.1) is 18.4 Å². The Morgan fingerprint density at radius 3 is 2.93 bits per heavy atom. The molecule has 7 nitrogen and oxygen atoms in total. The minimum absolute atomic E-state index is 0.0241. The van der Waals surface area contributed by atoms with Gasteiger partial charge in [0.1, 0.15) is 22.7 Å². The summed E-state index contributed by atoms with van der Waals surface area (Å²) in [6.07, 6.45) is 2.70. The zero-order chi connectivity index (χ0) is 19.8. The largest absolute Gasteiger partial charge is 0.445 e. The molecular weight excluding hydrogens is 388 g/mol. The molecule has 0 aliphatic carbocycles. The zero-order valence-electron chi connectivity index (χ0n) is 15.6. The van der Waals surface area contributed by atoms with Crippen LogP contribution in [0.4, 0.5) is 0 Å². The Morgan fingerprint density at radius 1 is 1.21 bits per heavy atom. The number of carbonyl (C=O) groups is 1. The second-order valence-electron chi connectivity index (χ2n) is 7.02. The SMILES string of the molecule is O=C(Cn1cnc2ccsc2c1=O)N1CCc2oc(Cc3ccccc3)nc2C1. The molecule has 0 spiro atoms. The minimum Gasteiger partial charge on any atom is -0.445 e. The number of rotatable bonds is 4. The molecule has 4 heterocycles. The standard InChI is InChI=1S/C21H18N4O3S/c26-19(12-25-13-22-15-7-9-29-20(15)21(25)27)24-8-6-17-16(11-24)23-18(28-17)10-14-4-2-1-3-5-14/h1-5,7,9,13H,6,8,10-12H2. The third-order valence-corrected chi connectivity index (χ3v) is 5.96. The fourth-order valence-corrected chi connectivity index (χ4v) is 4.34. The summed E-state index contributed by atoms with van der Waals surface area (Å²) in [7, 11) is 0. The minimum atomic E-state index is -0.178. The highest BCUT2D eigenvalue weighted by Crippen LogP contribution is 2.22. The third-order valence-electron chi connectivity index (χ3n) is 5.06. The molecule has 1 aromatic carbocycles. The van der Waals surface area contributed by atoms with Crippen molar-refractivity contribution < 1.29 is 9.21 Å². The van der Waals surface area contributed by atoms with Crippen LogP contribution in [0.15, 0.2) is 57.3 Å². The van der Waals surface area contributed by atoms with Crippen molar-refractivity contribution >= 4 is 27.5 Å². The van der Waals surface area contributed by atoms with E-state index in [1.165, 1.54) is 22.2 Å². The Balaban J connectivity index is 1.30. The van der Waals surface area contributed by atoms with Gasteiger partial charge in [-0.2, -0.15) is 0 Å². The van der Waals surface area contributed by atoms with Gasteiger partial charge in [0.2, 0.25) is 5.91 Å². The molecule has 0 N–H and O–H groups in total. The second-order valence-corrected chi connectivity index (χ2v) is 7.93. The average Bonchev–Trinajstić information content (AvgIpc) is 3.37. The summed E-state index contributed by atoms with van der Waals surface area (Å²) < 4.78 is 7.85. The fourth-order valence-electron chi connectivity index (χ4n) is 3.55. The van der Waals surface area contributed by atoms with Crippen molar-refractivity contribution in [3.8, 4) is 0 Å². The Bertz CT molecular complexity index is 1240. The van der Waals surface area contributed by atoms with Crippen LogP contribution < -0.4 is 5.56 Å². The highest BCUT2D eigenvalue weighted by Gasteiger charge is 2.26. The van der Waals surface area contributed by atoms with Crippen molar-refractivity contribution in [2.24, 2.45) is 0 Å². The van der Waals surface area contributed by atoms with Crippen LogP contribution in [0.1, 0.15) is 22.9 Å². The number of oxazole rings is 1. The summed E-state index contributed by atoms with van der Waals surface area (Å²) in [5.74, 6) is 1.39. The molecule has 0 atom stereocenters. The first-order valence-corrected chi connectivity index (χ1v) is 10.3. The number of fused-ring (bicyclic) bond motifs is 2. The van der Waals surface area contributed by atoms with E-state index in [4.69, 9.17) is 4.42 Å². The van der Waals surface area contributed by atoms with Crippen LogP contribution in [0.5, 0.6) is 0 Å². The van der Waals surface area contributed by atoms with Crippen LogP contribution >= 0.6 is 11.3 Å². The summed E-state index contributed by atoms with van der Waals surface area (Å²) >= 11 is 1.34. The van der Waals surface area contributed by atoms with Gasteiger partial charge < -0.3 is 9.32 Å². The zero-order valence-corrected chi connectivity index (χ0v) is 16.4. The molecule has 4 aromatic rings. The van der Waals surface area contributed by atoms with E-state index in [-0.39, 0.29) is 18.0 Å². The topological polar surface area (TPSA) is 81.2 Å². The number of aromatic nitrogens is 3. The highest BCUT2D eigenvalue weighted by atomic mass is 32.1. The van der Waals surface area contributed by atoms with Crippen molar-refractivity contribution in [2.75, 3.05) is 6.54 Å². The molecular formula is C21H18N4O3S. The lowest BCUT2D eigenvalue weighted by Crippen LogP contribution is -2.39. The van der Waals surface area contributed by atoms with Crippen LogP contribution in [0.25, 0.3) is 10.2 Å². The van der Waals surface area contributed by atoms with Gasteiger partial charge in [0.25, 0.3) is 5.56 Å². The molecule has 1 aliphatic heterocycles. The van der Waals surface area contributed by atoms with E-state index in [9.17, 15) is 9.59 Å². The smallest absolute Gasteiger partial charge is 0.271 e. The molecule has 0 saturated carbocycles. The summed E-state index contributed by atoms with van der Waals surface area (Å²) in [4.78, 5) is 35.9. The fraction of sp³-hybridized carbons (Fsp3) is 0.238. The molecule has 5 rings (SSSR count). The van der Waals surface area contributed by atoms with Crippen LogP contribution in [-0.4, -0.2) is 31.9 Å². The molecule has 146 valence electrons. The Morgan fingerprint density at radius 2 is 2.07 bits per heavy atom. The first kappa shape index (κ1) is 17.8.